The molecule has 0 saturated heterocycles. The zero-order valence-corrected chi connectivity index (χ0v) is 13.6. The maximum absolute atomic E-state index is 11.7. The van der Waals surface area contributed by atoms with Crippen LogP contribution in [0.1, 0.15) is 15.9 Å². The SMILES string of the molecule is COC(=O)c1ccccc1OSc1ccc(CCl)cc1[N+](=O)[O-]. The minimum atomic E-state index is -0.548. The molecule has 8 heteroatoms. The number of para-hydroxylation sites is 1. The van der Waals surface area contributed by atoms with Crippen LogP contribution in [0.2, 0.25) is 0 Å². The van der Waals surface area contributed by atoms with Crippen LogP contribution in [0.3, 0.4) is 0 Å². The normalized spacial score (nSPS) is 10.2. The molecule has 0 saturated carbocycles. The molecule has 0 unspecified atom stereocenters. The molecule has 0 aliphatic carbocycles. The van der Waals surface area contributed by atoms with E-state index in [0.717, 1.165) is 12.0 Å². The van der Waals surface area contributed by atoms with Crippen molar-refractivity contribution in [1.82, 2.24) is 0 Å². The molecule has 0 radical (unpaired) electrons. The molecule has 120 valence electrons. The molecule has 0 aliphatic heterocycles. The van der Waals surface area contributed by atoms with Crippen molar-refractivity contribution in [2.75, 3.05) is 7.11 Å². The van der Waals surface area contributed by atoms with Crippen molar-refractivity contribution < 1.29 is 18.6 Å². The molecule has 2 aromatic rings. The highest BCUT2D eigenvalue weighted by Crippen LogP contribution is 2.33. The van der Waals surface area contributed by atoms with E-state index in [2.05, 4.69) is 4.74 Å². The van der Waals surface area contributed by atoms with Gasteiger partial charge in [-0.25, -0.2) is 4.79 Å². The summed E-state index contributed by atoms with van der Waals surface area (Å²) in [6, 6.07) is 11.1. The number of hydrogen-bond donors (Lipinski definition) is 0. The lowest BCUT2D eigenvalue weighted by Gasteiger charge is -2.09. The standard InChI is InChI=1S/C15H12ClNO5S/c1-21-15(18)11-4-2-3-5-13(11)22-23-14-7-6-10(9-16)8-12(14)17(19)20/h2-8H,9H2,1H3. The molecule has 0 aliphatic rings. The van der Waals surface area contributed by atoms with Crippen molar-refractivity contribution in [1.29, 1.82) is 0 Å². The predicted octanol–water partition coefficient (Wildman–Crippen LogP) is 4.21. The van der Waals surface area contributed by atoms with E-state index in [9.17, 15) is 14.9 Å². The number of nitro groups is 1. The molecule has 0 spiro atoms. The number of carbonyl (C=O) groups excluding carboxylic acids is 1. The van der Waals surface area contributed by atoms with Gasteiger partial charge in [0.05, 0.1) is 24.1 Å². The monoisotopic (exact) mass is 353 g/mol. The molecule has 0 heterocycles. The molecule has 0 N–H and O–H groups in total. The first-order chi connectivity index (χ1) is 11.1. The Balaban J connectivity index is 2.25. The summed E-state index contributed by atoms with van der Waals surface area (Å²) in [4.78, 5) is 22.6. The van der Waals surface area contributed by atoms with E-state index >= 15 is 0 Å². The fourth-order valence-corrected chi connectivity index (χ4v) is 2.60. The Kier molecular flexibility index (Phi) is 5.84. The Morgan fingerprint density at radius 3 is 2.70 bits per heavy atom. The largest absolute Gasteiger partial charge is 0.465 e. The van der Waals surface area contributed by atoms with Crippen LogP contribution in [0.5, 0.6) is 5.75 Å². The van der Waals surface area contributed by atoms with Crippen molar-refractivity contribution in [2.45, 2.75) is 10.8 Å². The van der Waals surface area contributed by atoms with Crippen molar-refractivity contribution in [2.24, 2.45) is 0 Å². The minimum Gasteiger partial charge on any atom is -0.465 e. The second-order valence-corrected chi connectivity index (χ2v) is 5.39. The molecule has 0 aromatic heterocycles. The average Bonchev–Trinajstić information content (AvgIpc) is 2.59. The minimum absolute atomic E-state index is 0.108. The van der Waals surface area contributed by atoms with Gasteiger partial charge in [-0.15, -0.1) is 11.6 Å². The summed E-state index contributed by atoms with van der Waals surface area (Å²) in [6.07, 6.45) is 0. The smallest absolute Gasteiger partial charge is 0.341 e. The van der Waals surface area contributed by atoms with Crippen molar-refractivity contribution in [3.8, 4) is 5.75 Å². The van der Waals surface area contributed by atoms with Crippen molar-refractivity contribution in [3.05, 3.63) is 63.7 Å². The Morgan fingerprint density at radius 1 is 1.30 bits per heavy atom. The summed E-state index contributed by atoms with van der Waals surface area (Å²) < 4.78 is 10.2. The molecular formula is C15H12ClNO5S. The van der Waals surface area contributed by atoms with E-state index in [1.54, 1.807) is 36.4 Å². The maximum Gasteiger partial charge on any atom is 0.341 e. The molecule has 6 nitrogen and oxygen atoms in total. The summed E-state index contributed by atoms with van der Waals surface area (Å²) in [5.41, 5.74) is 0.768. The van der Waals surface area contributed by atoms with E-state index in [1.807, 2.05) is 0 Å². The van der Waals surface area contributed by atoms with Gasteiger partial charge in [0, 0.05) is 11.9 Å². The lowest BCUT2D eigenvalue weighted by Crippen LogP contribution is -2.03. The lowest BCUT2D eigenvalue weighted by atomic mass is 10.2. The van der Waals surface area contributed by atoms with E-state index in [4.69, 9.17) is 15.8 Å². The Morgan fingerprint density at radius 2 is 2.04 bits per heavy atom. The highest BCUT2D eigenvalue weighted by atomic mass is 35.5. The molecule has 0 fully saturated rings. The van der Waals surface area contributed by atoms with Gasteiger partial charge in [-0.1, -0.05) is 18.2 Å². The summed E-state index contributed by atoms with van der Waals surface area (Å²) >= 11 is 6.49. The number of methoxy groups -OCH3 is 1. The Hall–Kier alpha value is -2.25. The third-order valence-electron chi connectivity index (χ3n) is 2.89. The van der Waals surface area contributed by atoms with E-state index in [1.165, 1.54) is 13.2 Å². The fourth-order valence-electron chi connectivity index (χ4n) is 1.77. The average molecular weight is 354 g/mol. The van der Waals surface area contributed by atoms with Crippen molar-refractivity contribution in [3.63, 3.8) is 0 Å². The van der Waals surface area contributed by atoms with Gasteiger partial charge in [0.1, 0.15) is 10.5 Å². The number of esters is 1. The topological polar surface area (TPSA) is 78.7 Å². The second kappa shape index (κ2) is 7.85. The number of carbonyl (C=O) groups is 1. The van der Waals surface area contributed by atoms with Gasteiger partial charge in [0.25, 0.3) is 5.69 Å². The van der Waals surface area contributed by atoms with Crippen LogP contribution in [0.15, 0.2) is 47.4 Å². The molecular weight excluding hydrogens is 342 g/mol. The zero-order chi connectivity index (χ0) is 16.8. The first-order valence-electron chi connectivity index (χ1n) is 6.42. The van der Waals surface area contributed by atoms with Crippen LogP contribution >= 0.6 is 23.6 Å². The predicted molar refractivity (Wildman–Crippen MR) is 86.9 cm³/mol. The highest BCUT2D eigenvalue weighted by Gasteiger charge is 2.18. The highest BCUT2D eigenvalue weighted by molar-refractivity contribution is 7.95. The van der Waals surface area contributed by atoms with Crippen molar-refractivity contribution >= 4 is 35.3 Å². The van der Waals surface area contributed by atoms with Crippen LogP contribution in [0, 0.1) is 10.1 Å². The van der Waals surface area contributed by atoms with E-state index in [0.29, 0.717) is 10.5 Å². The van der Waals surface area contributed by atoms with Gasteiger partial charge < -0.3 is 8.92 Å². The number of nitro benzene ring substituents is 1. The van der Waals surface area contributed by atoms with Gasteiger partial charge in [-0.2, -0.15) is 0 Å². The second-order valence-electron chi connectivity index (χ2n) is 4.35. The maximum atomic E-state index is 11.7. The summed E-state index contributed by atoms with van der Waals surface area (Å²) in [5, 5.41) is 11.1. The van der Waals surface area contributed by atoms with E-state index < -0.39 is 10.9 Å². The number of rotatable bonds is 6. The third-order valence-corrected chi connectivity index (χ3v) is 3.98. The fraction of sp³-hybridized carbons (Fsp3) is 0.133. The van der Waals surface area contributed by atoms with Crippen LogP contribution in [0.4, 0.5) is 5.69 Å². The summed E-state index contributed by atoms with van der Waals surface area (Å²) in [6.45, 7) is 0. The van der Waals surface area contributed by atoms with Crippen LogP contribution in [0.25, 0.3) is 0 Å². The molecule has 0 bridgehead atoms. The third kappa shape index (κ3) is 4.14. The lowest BCUT2D eigenvalue weighted by molar-refractivity contribution is -0.387. The van der Waals surface area contributed by atoms with Crippen LogP contribution in [-0.4, -0.2) is 18.0 Å². The van der Waals surface area contributed by atoms with Gasteiger partial charge in [-0.05, 0) is 23.8 Å². The van der Waals surface area contributed by atoms with Gasteiger partial charge in [-0.3, -0.25) is 10.1 Å². The van der Waals surface area contributed by atoms with Crippen LogP contribution < -0.4 is 4.18 Å². The van der Waals surface area contributed by atoms with E-state index in [-0.39, 0.29) is 22.9 Å². The first kappa shape index (κ1) is 17.1. The first-order valence-corrected chi connectivity index (χ1v) is 7.69. The summed E-state index contributed by atoms with van der Waals surface area (Å²) in [5.74, 6) is -0.106. The number of halogens is 1. The Labute approximate surface area is 141 Å². The van der Waals surface area contributed by atoms with Gasteiger partial charge >= 0.3 is 5.97 Å². The van der Waals surface area contributed by atoms with Crippen LogP contribution in [-0.2, 0) is 10.6 Å². The Bertz CT molecular complexity index is 738. The molecule has 0 atom stereocenters. The zero-order valence-electron chi connectivity index (χ0n) is 12.0. The molecule has 0 amide bonds. The number of ether oxygens (including phenoxy) is 1. The molecule has 2 rings (SSSR count). The number of alkyl halides is 1. The van der Waals surface area contributed by atoms with Gasteiger partial charge in [0.2, 0.25) is 0 Å². The number of benzene rings is 2. The molecule has 2 aromatic carbocycles. The quantitative estimate of drug-likeness (QED) is 0.254. The number of hydrogen-bond acceptors (Lipinski definition) is 6. The molecule has 23 heavy (non-hydrogen) atoms. The number of nitrogens with zero attached hydrogens (tertiary/aromatic N) is 1. The van der Waals surface area contributed by atoms with Gasteiger partial charge in [0.15, 0.2) is 5.75 Å². The summed E-state index contributed by atoms with van der Waals surface area (Å²) in [7, 11) is 1.27.